The first-order valence-electron chi connectivity index (χ1n) is 8.19. The molecular weight excluding hydrogens is 369 g/mol. The first-order chi connectivity index (χ1) is 12.7. The lowest BCUT2D eigenvalue weighted by Crippen LogP contribution is -2.38. The summed E-state index contributed by atoms with van der Waals surface area (Å²) in [5, 5.41) is 0. The summed E-state index contributed by atoms with van der Waals surface area (Å²) >= 11 is 0. The number of hydrogen-bond acceptors (Lipinski definition) is 4. The molecule has 2 aromatic rings. The van der Waals surface area contributed by atoms with Gasteiger partial charge >= 0.3 is 6.18 Å². The van der Waals surface area contributed by atoms with Crippen LogP contribution < -0.4 is 9.64 Å². The van der Waals surface area contributed by atoms with Gasteiger partial charge in [-0.2, -0.15) is 13.2 Å². The highest BCUT2D eigenvalue weighted by atomic mass is 19.4. The van der Waals surface area contributed by atoms with E-state index in [1.165, 1.54) is 12.3 Å². The van der Waals surface area contributed by atoms with Crippen LogP contribution in [0.3, 0.4) is 0 Å². The van der Waals surface area contributed by atoms with Gasteiger partial charge in [-0.25, -0.2) is 13.8 Å². The number of piperidine rings is 1. The molecule has 27 heavy (non-hydrogen) atoms. The van der Waals surface area contributed by atoms with E-state index < -0.39 is 23.4 Å². The number of allylic oxidation sites excluding steroid dienone is 1. The Kier molecular flexibility index (Phi) is 5.29. The van der Waals surface area contributed by atoms with Gasteiger partial charge in [-0.15, -0.1) is 0 Å². The number of anilines is 1. The summed E-state index contributed by atoms with van der Waals surface area (Å²) in [5.74, 6) is -1.00. The lowest BCUT2D eigenvalue weighted by molar-refractivity contribution is -0.0689. The fourth-order valence-corrected chi connectivity index (χ4v) is 2.74. The van der Waals surface area contributed by atoms with Crippen molar-refractivity contribution in [2.24, 2.45) is 0 Å². The summed E-state index contributed by atoms with van der Waals surface area (Å²) in [6.45, 7) is 4.02. The number of aromatic nitrogens is 2. The molecule has 3 rings (SSSR count). The molecule has 2 heterocycles. The zero-order valence-corrected chi connectivity index (χ0v) is 14.1. The highest BCUT2D eigenvalue weighted by Crippen LogP contribution is 2.31. The smallest absolute Gasteiger partial charge is 0.417 e. The second kappa shape index (κ2) is 7.50. The Hall–Kier alpha value is -2.71. The third kappa shape index (κ3) is 4.53. The molecule has 1 aromatic carbocycles. The van der Waals surface area contributed by atoms with Crippen LogP contribution in [0.4, 0.5) is 27.8 Å². The van der Waals surface area contributed by atoms with Gasteiger partial charge in [0.15, 0.2) is 11.6 Å². The zero-order chi connectivity index (χ0) is 19.6. The molecule has 0 bridgehead atoms. The Bertz CT molecular complexity index is 815. The second-order valence-corrected chi connectivity index (χ2v) is 6.12. The Balaban J connectivity index is 1.58. The van der Waals surface area contributed by atoms with Crippen LogP contribution in [0.5, 0.6) is 5.75 Å². The number of benzene rings is 1. The van der Waals surface area contributed by atoms with Gasteiger partial charge in [-0.3, -0.25) is 4.98 Å². The van der Waals surface area contributed by atoms with Crippen LogP contribution >= 0.6 is 0 Å². The molecule has 0 atom stereocenters. The topological polar surface area (TPSA) is 38.2 Å². The van der Waals surface area contributed by atoms with E-state index in [0.717, 1.165) is 18.3 Å². The van der Waals surface area contributed by atoms with Gasteiger partial charge in [-0.1, -0.05) is 6.58 Å². The van der Waals surface area contributed by atoms with Crippen LogP contribution in [0.15, 0.2) is 37.2 Å². The van der Waals surface area contributed by atoms with Crippen LogP contribution in [0.25, 0.3) is 5.57 Å². The van der Waals surface area contributed by atoms with Crippen molar-refractivity contribution in [3.05, 3.63) is 54.5 Å². The van der Waals surface area contributed by atoms with Gasteiger partial charge in [0.1, 0.15) is 17.7 Å². The van der Waals surface area contributed by atoms with Gasteiger partial charge in [0.2, 0.25) is 0 Å². The number of ether oxygens (including phenoxy) is 1. The minimum Gasteiger partial charge on any atom is -0.487 e. The molecule has 0 N–H and O–H groups in total. The molecule has 1 aliphatic heterocycles. The molecule has 1 fully saturated rings. The van der Waals surface area contributed by atoms with Gasteiger partial charge in [-0.05, 0) is 12.1 Å². The molecule has 0 spiro atoms. The first-order valence-corrected chi connectivity index (χ1v) is 8.19. The van der Waals surface area contributed by atoms with E-state index in [1.807, 2.05) is 4.90 Å². The first kappa shape index (κ1) is 19.1. The molecule has 1 saturated heterocycles. The van der Waals surface area contributed by atoms with Crippen molar-refractivity contribution in [1.82, 2.24) is 9.97 Å². The number of nitrogens with zero attached hydrogens (tertiary/aromatic N) is 3. The maximum Gasteiger partial charge on any atom is 0.417 e. The number of rotatable bonds is 4. The van der Waals surface area contributed by atoms with E-state index in [4.69, 9.17) is 4.74 Å². The Morgan fingerprint density at radius 3 is 2.37 bits per heavy atom. The van der Waals surface area contributed by atoms with Crippen molar-refractivity contribution in [3.8, 4) is 5.75 Å². The summed E-state index contributed by atoms with van der Waals surface area (Å²) in [6.07, 6.45) is -1.39. The third-order valence-electron chi connectivity index (χ3n) is 4.24. The van der Waals surface area contributed by atoms with E-state index in [1.54, 1.807) is 0 Å². The summed E-state index contributed by atoms with van der Waals surface area (Å²) < 4.78 is 70.0. The predicted molar refractivity (Wildman–Crippen MR) is 89.3 cm³/mol. The molecule has 0 saturated carbocycles. The predicted octanol–water partition coefficient (Wildman–Crippen LogP) is 4.38. The molecule has 0 radical (unpaired) electrons. The monoisotopic (exact) mass is 385 g/mol. The summed E-state index contributed by atoms with van der Waals surface area (Å²) in [4.78, 5) is 9.67. The van der Waals surface area contributed by atoms with Crippen molar-refractivity contribution in [3.63, 3.8) is 0 Å². The van der Waals surface area contributed by atoms with Crippen molar-refractivity contribution < 1.29 is 26.7 Å². The van der Waals surface area contributed by atoms with Crippen LogP contribution in [0, 0.1) is 11.6 Å². The third-order valence-corrected chi connectivity index (χ3v) is 4.24. The highest BCUT2D eigenvalue weighted by molar-refractivity contribution is 5.64. The fourth-order valence-electron chi connectivity index (χ4n) is 2.74. The van der Waals surface area contributed by atoms with Crippen molar-refractivity contribution in [2.45, 2.75) is 25.1 Å². The molecule has 4 nitrogen and oxygen atoms in total. The van der Waals surface area contributed by atoms with E-state index in [-0.39, 0.29) is 17.5 Å². The van der Waals surface area contributed by atoms with Crippen LogP contribution in [-0.4, -0.2) is 35.3 Å². The molecule has 1 aromatic heterocycles. The Labute approximate surface area is 152 Å². The van der Waals surface area contributed by atoms with Gasteiger partial charge in [0, 0.05) is 32.0 Å². The SMILES string of the molecule is C=C(c1cnc(N2CCC(Oc3ccc(F)cc3F)CC2)cn1)C(F)(F)F. The molecule has 0 aliphatic carbocycles. The summed E-state index contributed by atoms with van der Waals surface area (Å²) in [7, 11) is 0. The highest BCUT2D eigenvalue weighted by Gasteiger charge is 2.34. The van der Waals surface area contributed by atoms with E-state index >= 15 is 0 Å². The summed E-state index contributed by atoms with van der Waals surface area (Å²) in [5.41, 5.74) is -1.37. The van der Waals surface area contributed by atoms with Crippen LogP contribution in [0.2, 0.25) is 0 Å². The molecule has 1 aliphatic rings. The number of halogens is 5. The number of alkyl halides is 3. The molecule has 0 unspecified atom stereocenters. The normalized spacial score (nSPS) is 15.7. The van der Waals surface area contributed by atoms with E-state index in [0.29, 0.717) is 31.7 Å². The quantitative estimate of drug-likeness (QED) is 0.733. The van der Waals surface area contributed by atoms with Crippen molar-refractivity contribution in [2.75, 3.05) is 18.0 Å². The number of hydrogen-bond donors (Lipinski definition) is 0. The molecule has 9 heteroatoms. The largest absolute Gasteiger partial charge is 0.487 e. The zero-order valence-electron chi connectivity index (χ0n) is 14.1. The van der Waals surface area contributed by atoms with Gasteiger partial charge < -0.3 is 9.64 Å². The maximum atomic E-state index is 13.7. The Morgan fingerprint density at radius 2 is 1.81 bits per heavy atom. The lowest BCUT2D eigenvalue weighted by Gasteiger charge is -2.32. The fraction of sp³-hybridized carbons (Fsp3) is 0.333. The lowest BCUT2D eigenvalue weighted by atomic mass is 10.1. The van der Waals surface area contributed by atoms with Crippen LogP contribution in [0.1, 0.15) is 18.5 Å². The van der Waals surface area contributed by atoms with E-state index in [2.05, 4.69) is 16.5 Å². The van der Waals surface area contributed by atoms with E-state index in [9.17, 15) is 22.0 Å². The minimum atomic E-state index is -4.55. The van der Waals surface area contributed by atoms with Crippen LogP contribution in [-0.2, 0) is 0 Å². The molecular formula is C18H16F5N3O. The van der Waals surface area contributed by atoms with Gasteiger partial charge in [0.05, 0.1) is 23.7 Å². The maximum absolute atomic E-state index is 13.7. The molecule has 144 valence electrons. The van der Waals surface area contributed by atoms with Crippen molar-refractivity contribution in [1.29, 1.82) is 0 Å². The summed E-state index contributed by atoms with van der Waals surface area (Å²) in [6, 6.07) is 3.13. The molecule has 0 amide bonds. The van der Waals surface area contributed by atoms with Gasteiger partial charge in [0.25, 0.3) is 0 Å². The Morgan fingerprint density at radius 1 is 1.11 bits per heavy atom. The van der Waals surface area contributed by atoms with Crippen molar-refractivity contribution >= 4 is 11.4 Å². The average molecular weight is 385 g/mol. The second-order valence-electron chi connectivity index (χ2n) is 6.12. The minimum absolute atomic E-state index is 0.00958. The standard InChI is InChI=1S/C18H16F5N3O/c1-11(18(21,22)23)15-9-25-17(10-24-15)26-6-4-13(5-7-26)27-16-3-2-12(19)8-14(16)20/h2-3,8-10,13H,1,4-7H2. The average Bonchev–Trinajstić information content (AvgIpc) is 2.63.